The monoisotopic (exact) mass is 332 g/mol. The average molecular weight is 332 g/mol. The van der Waals surface area contributed by atoms with Crippen LogP contribution in [0.1, 0.15) is 72.1 Å². The molecule has 4 rings (SSSR count). The summed E-state index contributed by atoms with van der Waals surface area (Å²) in [6.07, 6.45) is 7.53. The molecule has 0 aromatic heterocycles. The van der Waals surface area contributed by atoms with Crippen LogP contribution in [0.25, 0.3) is 0 Å². The van der Waals surface area contributed by atoms with Gasteiger partial charge in [0.05, 0.1) is 6.10 Å². The predicted octanol–water partition coefficient (Wildman–Crippen LogP) is 3.77. The van der Waals surface area contributed by atoms with E-state index in [0.717, 1.165) is 44.9 Å². The minimum absolute atomic E-state index is 0.0782. The van der Waals surface area contributed by atoms with Crippen molar-refractivity contribution in [3.8, 4) is 0 Å². The van der Waals surface area contributed by atoms with E-state index in [2.05, 4.69) is 13.8 Å². The van der Waals surface area contributed by atoms with E-state index in [1.807, 2.05) is 0 Å². The van der Waals surface area contributed by atoms with Crippen LogP contribution < -0.4 is 0 Å². The fourth-order valence-electron chi connectivity index (χ4n) is 7.72. The molecule has 4 fully saturated rings. The van der Waals surface area contributed by atoms with Gasteiger partial charge < -0.3 is 5.11 Å². The van der Waals surface area contributed by atoms with E-state index in [4.69, 9.17) is 0 Å². The van der Waals surface area contributed by atoms with E-state index in [9.17, 15) is 14.7 Å². The average Bonchev–Trinajstić information content (AvgIpc) is 2.84. The molecule has 0 aromatic carbocycles. The highest BCUT2D eigenvalue weighted by molar-refractivity contribution is 5.87. The third-order valence-corrected chi connectivity index (χ3v) is 8.81. The Morgan fingerprint density at radius 2 is 1.83 bits per heavy atom. The second-order valence-electron chi connectivity index (χ2n) is 9.85. The first-order valence-electron chi connectivity index (χ1n) is 9.98. The summed E-state index contributed by atoms with van der Waals surface area (Å²) in [5, 5.41) is 10.1. The van der Waals surface area contributed by atoms with Gasteiger partial charge >= 0.3 is 0 Å². The smallest absolute Gasteiger partial charge is 0.137 e. The van der Waals surface area contributed by atoms with E-state index in [0.29, 0.717) is 30.0 Å². The van der Waals surface area contributed by atoms with Crippen LogP contribution in [0.4, 0.5) is 0 Å². The molecule has 0 aliphatic heterocycles. The molecule has 0 heterocycles. The van der Waals surface area contributed by atoms with Crippen LogP contribution in [-0.4, -0.2) is 22.8 Å². The lowest BCUT2D eigenvalue weighted by Gasteiger charge is -2.59. The van der Waals surface area contributed by atoms with Gasteiger partial charge in [-0.05, 0) is 80.5 Å². The lowest BCUT2D eigenvalue weighted by atomic mass is 9.44. The zero-order chi connectivity index (χ0) is 17.3. The van der Waals surface area contributed by atoms with Crippen LogP contribution in [0.15, 0.2) is 0 Å². The Labute approximate surface area is 145 Å². The van der Waals surface area contributed by atoms with Crippen molar-refractivity contribution in [2.24, 2.45) is 40.4 Å². The van der Waals surface area contributed by atoms with Crippen molar-refractivity contribution >= 4 is 11.6 Å². The van der Waals surface area contributed by atoms with E-state index in [-0.39, 0.29) is 34.6 Å². The van der Waals surface area contributed by atoms with Crippen LogP contribution >= 0.6 is 0 Å². The fraction of sp³-hybridized carbons (Fsp3) is 0.905. The van der Waals surface area contributed by atoms with E-state index >= 15 is 0 Å². The summed E-state index contributed by atoms with van der Waals surface area (Å²) >= 11 is 0. The second-order valence-corrected chi connectivity index (χ2v) is 9.85. The van der Waals surface area contributed by atoms with Crippen molar-refractivity contribution in [1.29, 1.82) is 0 Å². The van der Waals surface area contributed by atoms with Crippen molar-refractivity contribution < 1.29 is 14.7 Å². The van der Waals surface area contributed by atoms with Gasteiger partial charge in [0.15, 0.2) is 0 Å². The van der Waals surface area contributed by atoms with Gasteiger partial charge in [0, 0.05) is 18.3 Å². The molecule has 3 heteroatoms. The zero-order valence-electron chi connectivity index (χ0n) is 15.4. The molecule has 0 aromatic rings. The van der Waals surface area contributed by atoms with Gasteiger partial charge in [-0.2, -0.15) is 0 Å². The molecule has 0 radical (unpaired) electrons. The van der Waals surface area contributed by atoms with E-state index in [1.54, 1.807) is 6.92 Å². The number of Topliss-reactive ketones (excluding diaryl/α,β-unsaturated/α-hetero) is 2. The van der Waals surface area contributed by atoms with Crippen LogP contribution in [-0.2, 0) is 9.59 Å². The Kier molecular flexibility index (Phi) is 3.77. The van der Waals surface area contributed by atoms with Crippen molar-refractivity contribution in [2.45, 2.75) is 78.2 Å². The highest BCUT2D eigenvalue weighted by Crippen LogP contribution is 2.66. The zero-order valence-corrected chi connectivity index (χ0v) is 15.4. The maximum absolute atomic E-state index is 13.3. The van der Waals surface area contributed by atoms with Crippen LogP contribution in [0.2, 0.25) is 0 Å². The SMILES string of the molecule is CC(=O)C1CC[C@H]2[C@@H]3CC[C@H]4C[C@H](O)CC[C@]4(C)[C@H]3C(=O)C[C@]12C. The maximum atomic E-state index is 13.3. The minimum Gasteiger partial charge on any atom is -0.393 e. The molecule has 0 saturated heterocycles. The number of carbonyl (C=O) groups excluding carboxylic acids is 2. The molecule has 134 valence electrons. The lowest BCUT2D eigenvalue weighted by molar-refractivity contribution is -0.162. The van der Waals surface area contributed by atoms with Crippen molar-refractivity contribution in [3.05, 3.63) is 0 Å². The first kappa shape index (κ1) is 16.8. The number of ketones is 2. The van der Waals surface area contributed by atoms with Gasteiger partial charge in [-0.25, -0.2) is 0 Å². The molecule has 1 N–H and O–H groups in total. The second kappa shape index (κ2) is 5.40. The maximum Gasteiger partial charge on any atom is 0.137 e. The van der Waals surface area contributed by atoms with Gasteiger partial charge in [0.1, 0.15) is 11.6 Å². The quantitative estimate of drug-likeness (QED) is 0.795. The fourth-order valence-corrected chi connectivity index (χ4v) is 7.72. The number of hydrogen-bond acceptors (Lipinski definition) is 3. The van der Waals surface area contributed by atoms with Crippen molar-refractivity contribution in [2.75, 3.05) is 0 Å². The molecule has 3 nitrogen and oxygen atoms in total. The first-order valence-corrected chi connectivity index (χ1v) is 9.98. The molecule has 0 amide bonds. The third kappa shape index (κ3) is 2.12. The summed E-state index contributed by atoms with van der Waals surface area (Å²) in [6, 6.07) is 0. The molecule has 0 spiro atoms. The molecular formula is C21H32O3. The summed E-state index contributed by atoms with van der Waals surface area (Å²) in [4.78, 5) is 25.5. The molecule has 4 saturated carbocycles. The number of rotatable bonds is 1. The number of aliphatic hydroxyl groups excluding tert-OH is 1. The Hall–Kier alpha value is -0.700. The Balaban J connectivity index is 1.68. The normalized spacial score (nSPS) is 53.9. The largest absolute Gasteiger partial charge is 0.393 e. The molecule has 4 aliphatic rings. The molecule has 4 aliphatic carbocycles. The van der Waals surface area contributed by atoms with Crippen molar-refractivity contribution in [3.63, 3.8) is 0 Å². The van der Waals surface area contributed by atoms with Gasteiger partial charge in [0.2, 0.25) is 0 Å². The third-order valence-electron chi connectivity index (χ3n) is 8.81. The van der Waals surface area contributed by atoms with E-state index in [1.165, 1.54) is 0 Å². The van der Waals surface area contributed by atoms with Gasteiger partial charge in [0.25, 0.3) is 0 Å². The van der Waals surface area contributed by atoms with Gasteiger partial charge in [-0.1, -0.05) is 13.8 Å². The summed E-state index contributed by atoms with van der Waals surface area (Å²) < 4.78 is 0. The highest BCUT2D eigenvalue weighted by atomic mass is 16.3. The van der Waals surface area contributed by atoms with Crippen molar-refractivity contribution in [1.82, 2.24) is 0 Å². The Morgan fingerprint density at radius 1 is 1.08 bits per heavy atom. The van der Waals surface area contributed by atoms with E-state index < -0.39 is 0 Å². The summed E-state index contributed by atoms with van der Waals surface area (Å²) in [5.41, 5.74) is -0.0175. The minimum atomic E-state index is -0.169. The number of carbonyl (C=O) groups is 2. The van der Waals surface area contributed by atoms with Crippen LogP contribution in [0, 0.1) is 40.4 Å². The van der Waals surface area contributed by atoms with Gasteiger partial charge in [-0.3, -0.25) is 9.59 Å². The number of hydrogen-bond donors (Lipinski definition) is 1. The molecule has 8 atom stereocenters. The molecule has 1 unspecified atom stereocenters. The van der Waals surface area contributed by atoms with Crippen LogP contribution in [0.3, 0.4) is 0 Å². The van der Waals surface area contributed by atoms with Gasteiger partial charge in [-0.15, -0.1) is 0 Å². The number of aliphatic hydroxyl groups is 1. The molecular weight excluding hydrogens is 300 g/mol. The predicted molar refractivity (Wildman–Crippen MR) is 92.3 cm³/mol. The summed E-state index contributed by atoms with van der Waals surface area (Å²) in [6.45, 7) is 6.28. The first-order chi connectivity index (χ1) is 11.3. The standard InChI is InChI=1S/C21H32O3/c1-12(22)16-6-7-17-15-5-4-13-10-14(23)8-9-20(13,2)19(15)18(24)11-21(16,17)3/h13-17,19,23H,4-11H2,1-3H3/t13-,14+,15-,16?,17-,19+,20-,21+/m0/s1. The molecule has 0 bridgehead atoms. The lowest BCUT2D eigenvalue weighted by Crippen LogP contribution is -2.58. The van der Waals surface area contributed by atoms with Crippen LogP contribution in [0.5, 0.6) is 0 Å². The summed E-state index contributed by atoms with van der Waals surface area (Å²) in [5.74, 6) is 2.48. The number of fused-ring (bicyclic) bond motifs is 5. The topological polar surface area (TPSA) is 54.4 Å². The Bertz CT molecular complexity index is 569. The summed E-state index contributed by atoms with van der Waals surface area (Å²) in [7, 11) is 0. The highest BCUT2D eigenvalue weighted by Gasteiger charge is 2.63. The Morgan fingerprint density at radius 3 is 2.54 bits per heavy atom. The molecule has 24 heavy (non-hydrogen) atoms.